The number of urea groups is 1. The Bertz CT molecular complexity index is 399. The second-order valence-corrected chi connectivity index (χ2v) is 5.39. The van der Waals surface area contributed by atoms with Crippen molar-refractivity contribution in [2.24, 2.45) is 0 Å². The summed E-state index contributed by atoms with van der Waals surface area (Å²) in [6.45, 7) is 2.18. The molecular weight excluding hydrogens is 264 g/mol. The summed E-state index contributed by atoms with van der Waals surface area (Å²) >= 11 is 0. The molecule has 20 heavy (non-hydrogen) atoms. The average Bonchev–Trinajstić information content (AvgIpc) is 3.05. The summed E-state index contributed by atoms with van der Waals surface area (Å²) < 4.78 is 0. The fraction of sp³-hybridized carbons (Fsp3) is 0.833. The lowest BCUT2D eigenvalue weighted by atomic mass is 10.0. The minimum atomic E-state index is -0.465. The first-order chi connectivity index (χ1) is 9.70. The van der Waals surface area contributed by atoms with Gasteiger partial charge in [-0.3, -0.25) is 14.5 Å². The smallest absolute Gasteiger partial charge is 0.314 e. The number of hydrogen-bond donors (Lipinski definition) is 2. The molecule has 8 nitrogen and oxygen atoms in total. The molecule has 3 heterocycles. The minimum absolute atomic E-state index is 0.0139. The van der Waals surface area contributed by atoms with Crippen LogP contribution in [-0.2, 0) is 14.5 Å². The topological polar surface area (TPSA) is 83.1 Å². The van der Waals surface area contributed by atoms with E-state index in [2.05, 4.69) is 10.8 Å². The number of amides is 3. The molecule has 3 aliphatic rings. The molecule has 0 aromatic carbocycles. The third kappa shape index (κ3) is 2.34. The van der Waals surface area contributed by atoms with Crippen LogP contribution in [0.25, 0.3) is 0 Å². The standard InChI is InChI=1S/C12H20N4O4/c1-19-16-8-2-3-10(15(7-8)12(16)18)11(17)14-20-9-4-5-13-6-9/h8-10,13H,2-7H2,1H3,(H,14,17)/t8-,9?,10+/m1/s1. The summed E-state index contributed by atoms with van der Waals surface area (Å²) in [5.74, 6) is -0.248. The van der Waals surface area contributed by atoms with Gasteiger partial charge in [0, 0.05) is 13.1 Å². The SMILES string of the molecule is CON1C(=O)N2C[C@H]1CC[C@H]2C(=O)NOC1CCNC1. The van der Waals surface area contributed by atoms with Crippen molar-refractivity contribution in [3.05, 3.63) is 0 Å². The van der Waals surface area contributed by atoms with Gasteiger partial charge in [0.15, 0.2) is 0 Å². The molecule has 3 amide bonds. The second kappa shape index (κ2) is 5.55. The van der Waals surface area contributed by atoms with Crippen LogP contribution in [-0.4, -0.2) is 66.8 Å². The zero-order valence-corrected chi connectivity index (χ0v) is 11.5. The molecule has 0 spiro atoms. The third-order valence-electron chi connectivity index (χ3n) is 4.16. The zero-order chi connectivity index (χ0) is 14.1. The molecule has 2 bridgehead atoms. The number of rotatable bonds is 4. The van der Waals surface area contributed by atoms with Crippen molar-refractivity contribution in [3.63, 3.8) is 0 Å². The summed E-state index contributed by atoms with van der Waals surface area (Å²) in [5, 5.41) is 4.51. The monoisotopic (exact) mass is 284 g/mol. The van der Waals surface area contributed by atoms with Gasteiger partial charge in [0.25, 0.3) is 5.91 Å². The Hall–Kier alpha value is -1.38. The van der Waals surface area contributed by atoms with E-state index < -0.39 is 6.04 Å². The van der Waals surface area contributed by atoms with Crippen LogP contribution in [0, 0.1) is 0 Å². The number of carbonyl (C=O) groups excluding carboxylic acids is 2. The Morgan fingerprint density at radius 2 is 2.25 bits per heavy atom. The van der Waals surface area contributed by atoms with E-state index in [4.69, 9.17) is 9.68 Å². The van der Waals surface area contributed by atoms with E-state index in [1.165, 1.54) is 12.2 Å². The molecule has 3 atom stereocenters. The summed E-state index contributed by atoms with van der Waals surface area (Å²) in [5.41, 5.74) is 2.50. The second-order valence-electron chi connectivity index (χ2n) is 5.39. The van der Waals surface area contributed by atoms with E-state index in [1.807, 2.05) is 0 Å². The van der Waals surface area contributed by atoms with Gasteiger partial charge in [-0.25, -0.2) is 10.3 Å². The molecule has 3 rings (SSSR count). The lowest BCUT2D eigenvalue weighted by molar-refractivity contribution is -0.142. The number of hydroxylamine groups is 3. The number of nitrogens with zero attached hydrogens (tertiary/aromatic N) is 2. The third-order valence-corrected chi connectivity index (χ3v) is 4.16. The molecule has 0 aromatic rings. The van der Waals surface area contributed by atoms with Gasteiger partial charge in [0.05, 0.1) is 19.3 Å². The van der Waals surface area contributed by atoms with Crippen LogP contribution in [0.2, 0.25) is 0 Å². The van der Waals surface area contributed by atoms with Crippen molar-refractivity contribution in [1.82, 2.24) is 20.8 Å². The van der Waals surface area contributed by atoms with Gasteiger partial charge in [-0.15, -0.1) is 0 Å². The van der Waals surface area contributed by atoms with Crippen LogP contribution in [0.4, 0.5) is 4.79 Å². The van der Waals surface area contributed by atoms with E-state index in [0.29, 0.717) is 13.0 Å². The van der Waals surface area contributed by atoms with Gasteiger partial charge in [-0.05, 0) is 25.8 Å². The van der Waals surface area contributed by atoms with Crippen molar-refractivity contribution in [1.29, 1.82) is 0 Å². The molecule has 8 heteroatoms. The van der Waals surface area contributed by atoms with Crippen LogP contribution in [0.1, 0.15) is 19.3 Å². The molecule has 3 saturated heterocycles. The van der Waals surface area contributed by atoms with E-state index >= 15 is 0 Å². The Morgan fingerprint density at radius 1 is 1.40 bits per heavy atom. The maximum absolute atomic E-state index is 12.2. The van der Waals surface area contributed by atoms with Crippen LogP contribution < -0.4 is 10.8 Å². The Kier molecular flexibility index (Phi) is 3.77. The molecule has 112 valence electrons. The van der Waals surface area contributed by atoms with Gasteiger partial charge in [0.2, 0.25) is 0 Å². The Labute approximate surface area is 117 Å². The lowest BCUT2D eigenvalue weighted by Crippen LogP contribution is -2.50. The molecular formula is C12H20N4O4. The Morgan fingerprint density at radius 3 is 2.95 bits per heavy atom. The molecule has 2 N–H and O–H groups in total. The first-order valence-electron chi connectivity index (χ1n) is 7.01. The van der Waals surface area contributed by atoms with Crippen molar-refractivity contribution in [3.8, 4) is 0 Å². The number of piperidine rings is 1. The number of hydrogen-bond acceptors (Lipinski definition) is 5. The van der Waals surface area contributed by atoms with Crippen LogP contribution in [0.15, 0.2) is 0 Å². The van der Waals surface area contributed by atoms with Gasteiger partial charge in [-0.1, -0.05) is 0 Å². The molecule has 0 aliphatic carbocycles. The highest BCUT2D eigenvalue weighted by Gasteiger charge is 2.47. The van der Waals surface area contributed by atoms with Gasteiger partial charge >= 0.3 is 6.03 Å². The fourth-order valence-corrected chi connectivity index (χ4v) is 3.08. The molecule has 0 aromatic heterocycles. The molecule has 1 unspecified atom stereocenters. The Balaban J connectivity index is 1.57. The molecule has 0 saturated carbocycles. The number of fused-ring (bicyclic) bond motifs is 2. The minimum Gasteiger partial charge on any atom is -0.314 e. The number of carbonyl (C=O) groups is 2. The van der Waals surface area contributed by atoms with Crippen LogP contribution >= 0.6 is 0 Å². The van der Waals surface area contributed by atoms with E-state index in [-0.39, 0.29) is 24.1 Å². The first kappa shape index (κ1) is 13.6. The van der Waals surface area contributed by atoms with Gasteiger partial charge in [0.1, 0.15) is 6.04 Å². The summed E-state index contributed by atoms with van der Waals surface area (Å²) in [6.07, 6.45) is 2.29. The average molecular weight is 284 g/mol. The normalized spacial score (nSPS) is 32.9. The molecule has 3 fully saturated rings. The van der Waals surface area contributed by atoms with Crippen LogP contribution in [0.3, 0.4) is 0 Å². The lowest BCUT2D eigenvalue weighted by Gasteiger charge is -2.29. The largest absolute Gasteiger partial charge is 0.345 e. The van der Waals surface area contributed by atoms with E-state index in [0.717, 1.165) is 25.9 Å². The molecule has 0 radical (unpaired) electrons. The summed E-state index contributed by atoms with van der Waals surface area (Å²) in [6, 6.07) is -0.651. The van der Waals surface area contributed by atoms with Crippen molar-refractivity contribution in [2.45, 2.75) is 37.5 Å². The molecule has 3 aliphatic heterocycles. The van der Waals surface area contributed by atoms with Gasteiger partial charge in [-0.2, -0.15) is 5.06 Å². The first-order valence-corrected chi connectivity index (χ1v) is 7.01. The number of nitrogens with one attached hydrogen (secondary N) is 2. The van der Waals surface area contributed by atoms with Gasteiger partial charge < -0.3 is 10.2 Å². The van der Waals surface area contributed by atoms with Crippen molar-refractivity contribution >= 4 is 11.9 Å². The maximum Gasteiger partial charge on any atom is 0.345 e. The van der Waals surface area contributed by atoms with E-state index in [1.54, 1.807) is 4.90 Å². The van der Waals surface area contributed by atoms with Crippen molar-refractivity contribution in [2.75, 3.05) is 26.7 Å². The highest BCUT2D eigenvalue weighted by molar-refractivity contribution is 5.87. The van der Waals surface area contributed by atoms with Crippen LogP contribution in [0.5, 0.6) is 0 Å². The summed E-state index contributed by atoms with van der Waals surface area (Å²) in [7, 11) is 1.48. The highest BCUT2D eigenvalue weighted by Crippen LogP contribution is 2.29. The summed E-state index contributed by atoms with van der Waals surface area (Å²) in [4.78, 5) is 36.3. The van der Waals surface area contributed by atoms with Crippen molar-refractivity contribution < 1.29 is 19.3 Å². The fourth-order valence-electron chi connectivity index (χ4n) is 3.08. The highest BCUT2D eigenvalue weighted by atomic mass is 16.7. The predicted molar refractivity (Wildman–Crippen MR) is 68.3 cm³/mol. The predicted octanol–water partition coefficient (Wildman–Crippen LogP) is -0.774. The maximum atomic E-state index is 12.2. The zero-order valence-electron chi connectivity index (χ0n) is 11.5. The quantitative estimate of drug-likeness (QED) is 0.662. The van der Waals surface area contributed by atoms with E-state index in [9.17, 15) is 9.59 Å².